The molecule has 0 saturated heterocycles. The van der Waals surface area contributed by atoms with E-state index in [4.69, 9.17) is 9.47 Å². The van der Waals surface area contributed by atoms with E-state index in [2.05, 4.69) is 5.32 Å². The van der Waals surface area contributed by atoms with E-state index in [1.54, 1.807) is 14.0 Å². The first-order valence-electron chi connectivity index (χ1n) is 9.25. The molecule has 0 heterocycles. The average Bonchev–Trinajstić information content (AvgIpc) is 2.68. The number of anilines is 1. The number of halogens is 3. The fourth-order valence-electron chi connectivity index (χ4n) is 2.79. The van der Waals surface area contributed by atoms with Gasteiger partial charge < -0.3 is 19.7 Å². The Morgan fingerprint density at radius 2 is 1.79 bits per heavy atom. The SMILES string of the molecule is CCOc1ccc(C[NH+](C)[C@H](C)C(=O)Nc2ccc(C(F)(F)F)cc2)cc1OC. The molecule has 2 aromatic rings. The molecule has 0 aliphatic rings. The van der Waals surface area contributed by atoms with Crippen LogP contribution in [0.1, 0.15) is 25.0 Å². The maximum atomic E-state index is 12.6. The summed E-state index contributed by atoms with van der Waals surface area (Å²) >= 11 is 0. The molecule has 0 fully saturated rings. The van der Waals surface area contributed by atoms with E-state index in [0.29, 0.717) is 30.3 Å². The highest BCUT2D eigenvalue weighted by molar-refractivity contribution is 5.93. The maximum Gasteiger partial charge on any atom is 0.416 e. The number of hydrogen-bond donors (Lipinski definition) is 2. The molecule has 8 heteroatoms. The first-order valence-corrected chi connectivity index (χ1v) is 9.25. The number of rotatable bonds is 8. The summed E-state index contributed by atoms with van der Waals surface area (Å²) in [5.41, 5.74) is 0.540. The minimum Gasteiger partial charge on any atom is -0.493 e. The molecule has 5 nitrogen and oxygen atoms in total. The standard InChI is InChI=1S/C21H25F3N2O3/c1-5-29-18-11-6-15(12-19(18)28-4)13-26(3)14(2)20(27)25-17-9-7-16(8-10-17)21(22,23)24/h6-12,14H,5,13H2,1-4H3,(H,25,27)/p+1/t14-/m1/s1. The largest absolute Gasteiger partial charge is 0.493 e. The Kier molecular flexibility index (Phi) is 7.50. The molecule has 2 rings (SSSR count). The number of nitrogens with one attached hydrogen (secondary N) is 2. The van der Waals surface area contributed by atoms with Gasteiger partial charge in [0.1, 0.15) is 6.54 Å². The van der Waals surface area contributed by atoms with Crippen LogP contribution in [0.15, 0.2) is 42.5 Å². The summed E-state index contributed by atoms with van der Waals surface area (Å²) in [7, 11) is 3.44. The van der Waals surface area contributed by atoms with Crippen molar-refractivity contribution in [3.8, 4) is 11.5 Å². The summed E-state index contributed by atoms with van der Waals surface area (Å²) in [6.07, 6.45) is -4.40. The number of benzene rings is 2. The van der Waals surface area contributed by atoms with Gasteiger partial charge in [-0.3, -0.25) is 4.79 Å². The van der Waals surface area contributed by atoms with Crippen LogP contribution in [0.3, 0.4) is 0 Å². The fourth-order valence-corrected chi connectivity index (χ4v) is 2.79. The highest BCUT2D eigenvalue weighted by atomic mass is 19.4. The van der Waals surface area contributed by atoms with Crippen molar-refractivity contribution >= 4 is 11.6 Å². The minimum atomic E-state index is -4.40. The van der Waals surface area contributed by atoms with Crippen LogP contribution in [0, 0.1) is 0 Å². The zero-order chi connectivity index (χ0) is 21.6. The number of likely N-dealkylation sites (N-methyl/N-ethyl adjacent to an activating group) is 1. The molecule has 0 aliphatic carbocycles. The smallest absolute Gasteiger partial charge is 0.416 e. The highest BCUT2D eigenvalue weighted by Crippen LogP contribution is 2.30. The van der Waals surface area contributed by atoms with E-state index in [1.807, 2.05) is 32.2 Å². The summed E-state index contributed by atoms with van der Waals surface area (Å²) in [5.74, 6) is 1.00. The lowest BCUT2D eigenvalue weighted by atomic mass is 10.1. The zero-order valence-corrected chi connectivity index (χ0v) is 16.9. The number of amides is 1. The third-order valence-corrected chi connectivity index (χ3v) is 4.62. The predicted molar refractivity (Wildman–Crippen MR) is 104 cm³/mol. The Morgan fingerprint density at radius 3 is 2.34 bits per heavy atom. The van der Waals surface area contributed by atoms with Crippen molar-refractivity contribution in [2.45, 2.75) is 32.6 Å². The lowest BCUT2D eigenvalue weighted by Crippen LogP contribution is -3.12. The minimum absolute atomic E-state index is 0.278. The van der Waals surface area contributed by atoms with Gasteiger partial charge >= 0.3 is 6.18 Å². The number of hydrogen-bond acceptors (Lipinski definition) is 3. The molecule has 0 radical (unpaired) electrons. The summed E-state index contributed by atoms with van der Waals surface area (Å²) in [5, 5.41) is 2.66. The molecule has 2 atom stereocenters. The van der Waals surface area contributed by atoms with Gasteiger partial charge in [0.05, 0.1) is 26.3 Å². The van der Waals surface area contributed by atoms with Gasteiger partial charge in [-0.25, -0.2) is 0 Å². The molecule has 29 heavy (non-hydrogen) atoms. The van der Waals surface area contributed by atoms with E-state index in [0.717, 1.165) is 22.6 Å². The van der Waals surface area contributed by atoms with E-state index >= 15 is 0 Å². The van der Waals surface area contributed by atoms with Crippen LogP contribution in [0.4, 0.5) is 18.9 Å². The van der Waals surface area contributed by atoms with Crippen LogP contribution in [0.2, 0.25) is 0 Å². The van der Waals surface area contributed by atoms with Gasteiger partial charge in [-0.05, 0) is 56.3 Å². The van der Waals surface area contributed by atoms with Crippen molar-refractivity contribution in [3.63, 3.8) is 0 Å². The second-order valence-electron chi connectivity index (χ2n) is 6.73. The number of methoxy groups -OCH3 is 1. The van der Waals surface area contributed by atoms with E-state index < -0.39 is 17.8 Å². The van der Waals surface area contributed by atoms with Crippen LogP contribution < -0.4 is 19.7 Å². The average molecular weight is 411 g/mol. The maximum absolute atomic E-state index is 12.6. The molecular weight excluding hydrogens is 385 g/mol. The molecule has 0 bridgehead atoms. The molecule has 0 aliphatic heterocycles. The Labute approximate surface area is 168 Å². The number of quaternary nitrogens is 1. The molecule has 158 valence electrons. The summed E-state index contributed by atoms with van der Waals surface area (Å²) in [6, 6.07) is 9.59. The molecular formula is C21H26F3N2O3+. The Morgan fingerprint density at radius 1 is 1.14 bits per heavy atom. The van der Waals surface area contributed by atoms with Crippen LogP contribution in [-0.4, -0.2) is 32.7 Å². The Balaban J connectivity index is 2.00. The van der Waals surface area contributed by atoms with Crippen molar-refractivity contribution in [3.05, 3.63) is 53.6 Å². The van der Waals surface area contributed by atoms with Crippen LogP contribution in [-0.2, 0) is 17.5 Å². The lowest BCUT2D eigenvalue weighted by molar-refractivity contribution is -0.907. The molecule has 1 unspecified atom stereocenters. The first kappa shape index (κ1) is 22.5. The summed E-state index contributed by atoms with van der Waals surface area (Å²) in [6.45, 7) is 4.75. The number of carbonyl (C=O) groups excluding carboxylic acids is 1. The zero-order valence-electron chi connectivity index (χ0n) is 16.9. The highest BCUT2D eigenvalue weighted by Gasteiger charge is 2.30. The van der Waals surface area contributed by atoms with Crippen LogP contribution in [0.5, 0.6) is 11.5 Å². The normalized spacial score (nSPS) is 13.5. The summed E-state index contributed by atoms with van der Waals surface area (Å²) in [4.78, 5) is 13.4. The molecule has 1 amide bonds. The first-order chi connectivity index (χ1) is 13.7. The van der Waals surface area contributed by atoms with Gasteiger partial charge in [-0.1, -0.05) is 0 Å². The van der Waals surface area contributed by atoms with Crippen molar-refractivity contribution in [1.29, 1.82) is 0 Å². The van der Waals surface area contributed by atoms with Gasteiger partial charge in [0.25, 0.3) is 5.91 Å². The van der Waals surface area contributed by atoms with Gasteiger partial charge in [-0.2, -0.15) is 13.2 Å². The monoisotopic (exact) mass is 411 g/mol. The molecule has 2 aromatic carbocycles. The molecule has 0 aromatic heterocycles. The third-order valence-electron chi connectivity index (χ3n) is 4.62. The van der Waals surface area contributed by atoms with Crippen LogP contribution in [0.25, 0.3) is 0 Å². The molecule has 0 saturated carbocycles. The Hall–Kier alpha value is -2.74. The summed E-state index contributed by atoms with van der Waals surface area (Å²) < 4.78 is 48.8. The van der Waals surface area contributed by atoms with E-state index in [1.165, 1.54) is 12.1 Å². The third kappa shape index (κ3) is 6.12. The number of carbonyl (C=O) groups is 1. The fraction of sp³-hybridized carbons (Fsp3) is 0.381. The van der Waals surface area contributed by atoms with Crippen molar-refractivity contribution in [1.82, 2.24) is 0 Å². The number of alkyl halides is 3. The van der Waals surface area contributed by atoms with Gasteiger partial charge in [0, 0.05) is 11.3 Å². The van der Waals surface area contributed by atoms with Crippen molar-refractivity contribution < 1.29 is 32.3 Å². The lowest BCUT2D eigenvalue weighted by Gasteiger charge is -2.22. The molecule has 0 spiro atoms. The van der Waals surface area contributed by atoms with Crippen molar-refractivity contribution in [2.75, 3.05) is 26.1 Å². The topological polar surface area (TPSA) is 52.0 Å². The van der Waals surface area contributed by atoms with Crippen molar-refractivity contribution in [2.24, 2.45) is 0 Å². The van der Waals surface area contributed by atoms with Gasteiger partial charge in [0.2, 0.25) is 0 Å². The quantitative estimate of drug-likeness (QED) is 0.702. The van der Waals surface area contributed by atoms with E-state index in [9.17, 15) is 18.0 Å². The van der Waals surface area contributed by atoms with E-state index in [-0.39, 0.29) is 5.91 Å². The van der Waals surface area contributed by atoms with Gasteiger partial charge in [-0.15, -0.1) is 0 Å². The number of ether oxygens (including phenoxy) is 2. The molecule has 2 N–H and O–H groups in total. The second kappa shape index (κ2) is 9.65. The van der Waals surface area contributed by atoms with Gasteiger partial charge in [0.15, 0.2) is 17.5 Å². The predicted octanol–water partition coefficient (Wildman–Crippen LogP) is 3.15. The van der Waals surface area contributed by atoms with Crippen LogP contribution >= 0.6 is 0 Å². The Bertz CT molecular complexity index is 823. The second-order valence-corrected chi connectivity index (χ2v) is 6.73.